The molecular formula is C26H22N2O5. The average molecular weight is 442 g/mol. The van der Waals surface area contributed by atoms with Crippen LogP contribution in [0.2, 0.25) is 0 Å². The number of aromatic hydroxyl groups is 1. The number of ether oxygens (including phenoxy) is 1. The summed E-state index contributed by atoms with van der Waals surface area (Å²) in [4.78, 5) is 29.6. The lowest BCUT2D eigenvalue weighted by Gasteiger charge is -2.14. The van der Waals surface area contributed by atoms with Gasteiger partial charge in [0.2, 0.25) is 5.88 Å². The molecule has 3 aromatic carbocycles. The lowest BCUT2D eigenvalue weighted by Crippen LogP contribution is -2.20. The summed E-state index contributed by atoms with van der Waals surface area (Å²) < 4.78 is 6.18. The monoisotopic (exact) mass is 442 g/mol. The van der Waals surface area contributed by atoms with E-state index in [0.717, 1.165) is 0 Å². The highest BCUT2D eigenvalue weighted by Gasteiger charge is 2.17. The Morgan fingerprint density at radius 3 is 2.36 bits per heavy atom. The minimum Gasteiger partial charge on any atom is -0.494 e. The number of nitrogens with zero attached hydrogens (tertiary/aromatic N) is 2. The van der Waals surface area contributed by atoms with Crippen LogP contribution in [0.15, 0.2) is 82.6 Å². The molecule has 0 radical (unpaired) electrons. The summed E-state index contributed by atoms with van der Waals surface area (Å²) in [6, 6.07) is 20.3. The number of pyridine rings is 1. The van der Waals surface area contributed by atoms with Crippen molar-refractivity contribution >= 4 is 28.6 Å². The van der Waals surface area contributed by atoms with Gasteiger partial charge < -0.3 is 14.9 Å². The number of carbonyl (C=O) groups is 1. The number of benzene rings is 3. The highest BCUT2D eigenvalue weighted by Crippen LogP contribution is 2.27. The second-order valence-electron chi connectivity index (χ2n) is 7.24. The maximum atomic E-state index is 13.2. The van der Waals surface area contributed by atoms with Crippen LogP contribution in [-0.4, -0.2) is 33.6 Å². The standard InChI is InChI=1S/C26H22N2O5/c1-2-33-26(32)17-11-13-19(14-12-17)28-24(30)21-9-5-4-8-20(21)22(25(28)31)15-27-23-10-6-3-7-18(23)16-29/h3-15,29,31H,2,16H2,1H3. The van der Waals surface area contributed by atoms with E-state index in [4.69, 9.17) is 4.74 Å². The van der Waals surface area contributed by atoms with Gasteiger partial charge in [0.25, 0.3) is 5.56 Å². The van der Waals surface area contributed by atoms with Gasteiger partial charge in [0.05, 0.1) is 35.7 Å². The highest BCUT2D eigenvalue weighted by atomic mass is 16.5. The van der Waals surface area contributed by atoms with Gasteiger partial charge in [-0.05, 0) is 43.3 Å². The highest BCUT2D eigenvalue weighted by molar-refractivity contribution is 6.02. The molecule has 1 heterocycles. The fourth-order valence-corrected chi connectivity index (χ4v) is 3.59. The van der Waals surface area contributed by atoms with E-state index in [1.807, 2.05) is 0 Å². The molecule has 0 aliphatic carbocycles. The average Bonchev–Trinajstić information content (AvgIpc) is 2.85. The second kappa shape index (κ2) is 9.50. The van der Waals surface area contributed by atoms with E-state index in [1.54, 1.807) is 79.7 Å². The third kappa shape index (κ3) is 4.26. The van der Waals surface area contributed by atoms with E-state index in [0.29, 0.717) is 38.8 Å². The summed E-state index contributed by atoms with van der Waals surface area (Å²) >= 11 is 0. The molecule has 0 spiro atoms. The molecule has 4 aromatic rings. The predicted molar refractivity (Wildman–Crippen MR) is 127 cm³/mol. The summed E-state index contributed by atoms with van der Waals surface area (Å²) in [5.74, 6) is -0.748. The molecule has 0 fully saturated rings. The van der Waals surface area contributed by atoms with Crippen LogP contribution in [0.4, 0.5) is 5.69 Å². The van der Waals surface area contributed by atoms with Crippen LogP contribution in [0.1, 0.15) is 28.4 Å². The van der Waals surface area contributed by atoms with Gasteiger partial charge in [-0.25, -0.2) is 9.36 Å². The molecule has 33 heavy (non-hydrogen) atoms. The summed E-state index contributed by atoms with van der Waals surface area (Å²) in [6.45, 7) is 1.81. The molecule has 4 rings (SSSR count). The summed E-state index contributed by atoms with van der Waals surface area (Å²) in [5.41, 5.74) is 1.88. The third-order valence-corrected chi connectivity index (χ3v) is 5.23. The molecule has 0 bridgehead atoms. The van der Waals surface area contributed by atoms with E-state index in [2.05, 4.69) is 4.99 Å². The minimum atomic E-state index is -0.463. The van der Waals surface area contributed by atoms with Crippen molar-refractivity contribution in [2.24, 2.45) is 4.99 Å². The normalized spacial score (nSPS) is 11.2. The first-order chi connectivity index (χ1) is 16.0. The van der Waals surface area contributed by atoms with Crippen LogP contribution in [-0.2, 0) is 11.3 Å². The maximum absolute atomic E-state index is 13.2. The number of para-hydroxylation sites is 1. The number of carbonyl (C=O) groups excluding carboxylic acids is 1. The zero-order valence-electron chi connectivity index (χ0n) is 17.9. The van der Waals surface area contributed by atoms with Gasteiger partial charge in [0.15, 0.2) is 0 Å². The maximum Gasteiger partial charge on any atom is 0.338 e. The molecule has 0 saturated heterocycles. The number of hydrogen-bond acceptors (Lipinski definition) is 6. The van der Waals surface area contributed by atoms with Crippen molar-refractivity contribution in [3.8, 4) is 11.6 Å². The fraction of sp³-hybridized carbons (Fsp3) is 0.115. The van der Waals surface area contributed by atoms with Crippen molar-refractivity contribution in [1.82, 2.24) is 4.57 Å². The molecular weight excluding hydrogens is 420 g/mol. The van der Waals surface area contributed by atoms with Crippen LogP contribution in [0, 0.1) is 0 Å². The molecule has 0 aliphatic heterocycles. The van der Waals surface area contributed by atoms with E-state index < -0.39 is 11.5 Å². The van der Waals surface area contributed by atoms with E-state index in [9.17, 15) is 19.8 Å². The van der Waals surface area contributed by atoms with E-state index in [1.165, 1.54) is 10.8 Å². The van der Waals surface area contributed by atoms with Crippen molar-refractivity contribution in [3.63, 3.8) is 0 Å². The summed E-state index contributed by atoms with van der Waals surface area (Å²) in [6.07, 6.45) is 1.48. The molecule has 7 nitrogen and oxygen atoms in total. The Hall–Kier alpha value is -4.23. The molecule has 0 aliphatic rings. The smallest absolute Gasteiger partial charge is 0.338 e. The lowest BCUT2D eigenvalue weighted by molar-refractivity contribution is 0.0526. The van der Waals surface area contributed by atoms with Crippen molar-refractivity contribution in [1.29, 1.82) is 0 Å². The Bertz CT molecular complexity index is 1400. The number of hydrogen-bond donors (Lipinski definition) is 2. The van der Waals surface area contributed by atoms with Gasteiger partial charge in [0, 0.05) is 22.6 Å². The van der Waals surface area contributed by atoms with Crippen LogP contribution in [0.3, 0.4) is 0 Å². The quantitative estimate of drug-likeness (QED) is 0.346. The fourth-order valence-electron chi connectivity index (χ4n) is 3.59. The zero-order valence-corrected chi connectivity index (χ0v) is 17.9. The number of aromatic nitrogens is 1. The summed E-state index contributed by atoms with van der Waals surface area (Å²) in [5, 5.41) is 21.6. The number of aliphatic hydroxyl groups is 1. The van der Waals surface area contributed by atoms with Crippen molar-refractivity contribution in [2.75, 3.05) is 6.61 Å². The molecule has 0 unspecified atom stereocenters. The third-order valence-electron chi connectivity index (χ3n) is 5.23. The van der Waals surface area contributed by atoms with Gasteiger partial charge in [-0.1, -0.05) is 36.4 Å². The Kier molecular flexibility index (Phi) is 6.33. The van der Waals surface area contributed by atoms with Gasteiger partial charge in [-0.15, -0.1) is 0 Å². The first-order valence-electron chi connectivity index (χ1n) is 10.4. The topological polar surface area (TPSA) is 101 Å². The van der Waals surface area contributed by atoms with Gasteiger partial charge >= 0.3 is 5.97 Å². The number of aliphatic imine (C=N–C) groups is 1. The minimum absolute atomic E-state index is 0.174. The lowest BCUT2D eigenvalue weighted by atomic mass is 10.1. The molecule has 2 N–H and O–H groups in total. The number of fused-ring (bicyclic) bond motifs is 1. The zero-order chi connectivity index (χ0) is 23.4. The van der Waals surface area contributed by atoms with Crippen molar-refractivity contribution in [2.45, 2.75) is 13.5 Å². The first kappa shape index (κ1) is 22.0. The molecule has 0 atom stereocenters. The molecule has 0 saturated carbocycles. The predicted octanol–water partition coefficient (Wildman–Crippen LogP) is 4.12. The Balaban J connectivity index is 1.88. The molecule has 0 amide bonds. The summed E-state index contributed by atoms with van der Waals surface area (Å²) in [7, 11) is 0. The largest absolute Gasteiger partial charge is 0.494 e. The first-order valence-corrected chi connectivity index (χ1v) is 10.4. The van der Waals surface area contributed by atoms with Gasteiger partial charge in [-0.3, -0.25) is 9.79 Å². The Morgan fingerprint density at radius 1 is 1.00 bits per heavy atom. The molecule has 166 valence electrons. The van der Waals surface area contributed by atoms with Crippen LogP contribution < -0.4 is 5.56 Å². The second-order valence-corrected chi connectivity index (χ2v) is 7.24. The molecule has 1 aromatic heterocycles. The van der Waals surface area contributed by atoms with Gasteiger partial charge in [0.1, 0.15) is 0 Å². The molecule has 7 heteroatoms. The Labute approximate surface area is 189 Å². The Morgan fingerprint density at radius 2 is 1.67 bits per heavy atom. The number of rotatable bonds is 6. The van der Waals surface area contributed by atoms with Crippen LogP contribution in [0.25, 0.3) is 16.5 Å². The van der Waals surface area contributed by atoms with E-state index in [-0.39, 0.29) is 19.1 Å². The SMILES string of the molecule is CCOC(=O)c1ccc(-n2c(O)c(C=Nc3ccccc3CO)c3ccccc3c2=O)cc1. The van der Waals surface area contributed by atoms with Crippen molar-refractivity contribution < 1.29 is 19.7 Å². The number of aliphatic hydroxyl groups excluding tert-OH is 1. The van der Waals surface area contributed by atoms with Crippen LogP contribution in [0.5, 0.6) is 5.88 Å². The van der Waals surface area contributed by atoms with Crippen molar-refractivity contribution in [3.05, 3.63) is 99.8 Å². The van der Waals surface area contributed by atoms with Crippen LogP contribution >= 0.6 is 0 Å². The number of esters is 1. The van der Waals surface area contributed by atoms with Gasteiger partial charge in [-0.2, -0.15) is 0 Å². The van der Waals surface area contributed by atoms with E-state index >= 15 is 0 Å².